The van der Waals surface area contributed by atoms with E-state index in [9.17, 15) is 4.79 Å². The molecule has 0 saturated carbocycles. The van der Waals surface area contributed by atoms with Crippen molar-refractivity contribution in [1.82, 2.24) is 9.80 Å². The van der Waals surface area contributed by atoms with Gasteiger partial charge in [0, 0.05) is 30.8 Å². The minimum Gasteiger partial charge on any atom is -0.359 e. The minimum absolute atomic E-state index is 0.00567. The van der Waals surface area contributed by atoms with Crippen LogP contribution in [0.25, 0.3) is 0 Å². The molecular formula is C14H26N2O. The molecule has 0 aromatic rings. The van der Waals surface area contributed by atoms with Gasteiger partial charge in [0.1, 0.15) is 0 Å². The third-order valence-corrected chi connectivity index (χ3v) is 3.06. The lowest BCUT2D eigenvalue weighted by Crippen LogP contribution is -2.48. The molecule has 1 aliphatic heterocycles. The van der Waals surface area contributed by atoms with Crippen LogP contribution in [0.4, 0.5) is 0 Å². The van der Waals surface area contributed by atoms with Crippen molar-refractivity contribution in [2.45, 2.75) is 41.5 Å². The summed E-state index contributed by atoms with van der Waals surface area (Å²) in [6.45, 7) is 13.5. The number of carbonyl (C=O) groups excluding carboxylic acids is 1. The maximum atomic E-state index is 12.4. The fourth-order valence-electron chi connectivity index (χ4n) is 2.56. The first-order chi connectivity index (χ1) is 7.46. The Balaban J connectivity index is 3.48. The number of allylic oxidation sites excluding steroid dienone is 1. The lowest BCUT2D eigenvalue weighted by molar-refractivity contribution is -0.130. The Labute approximate surface area is 105 Å². The van der Waals surface area contributed by atoms with Crippen LogP contribution in [0.2, 0.25) is 0 Å². The van der Waals surface area contributed by atoms with E-state index < -0.39 is 0 Å². The standard InChI is InChI=1S/C14H26N2O/c1-13(2,3)10-11(14(4,5)6)15(7)9-16(8)12(10)17/h9H2,1-8H3. The molecule has 1 rings (SSSR count). The molecule has 0 fully saturated rings. The molecule has 0 bridgehead atoms. The monoisotopic (exact) mass is 238 g/mol. The van der Waals surface area contributed by atoms with Crippen LogP contribution in [0, 0.1) is 10.8 Å². The van der Waals surface area contributed by atoms with Crippen LogP contribution in [0.5, 0.6) is 0 Å². The summed E-state index contributed by atoms with van der Waals surface area (Å²) in [6, 6.07) is 0. The molecule has 3 nitrogen and oxygen atoms in total. The van der Waals surface area contributed by atoms with E-state index in [1.54, 1.807) is 4.90 Å². The number of hydrogen-bond donors (Lipinski definition) is 0. The van der Waals surface area contributed by atoms with Gasteiger partial charge in [-0.1, -0.05) is 41.5 Å². The fourth-order valence-corrected chi connectivity index (χ4v) is 2.56. The van der Waals surface area contributed by atoms with Gasteiger partial charge >= 0.3 is 0 Å². The van der Waals surface area contributed by atoms with Crippen LogP contribution in [-0.4, -0.2) is 36.5 Å². The first kappa shape index (κ1) is 14.1. The highest BCUT2D eigenvalue weighted by Gasteiger charge is 2.39. The average Bonchev–Trinajstić information content (AvgIpc) is 2.06. The van der Waals surface area contributed by atoms with E-state index in [-0.39, 0.29) is 16.7 Å². The summed E-state index contributed by atoms with van der Waals surface area (Å²) in [5.74, 6) is 0.167. The zero-order chi connectivity index (χ0) is 13.6. The van der Waals surface area contributed by atoms with E-state index in [1.807, 2.05) is 7.05 Å². The highest BCUT2D eigenvalue weighted by Crippen LogP contribution is 2.40. The summed E-state index contributed by atoms with van der Waals surface area (Å²) < 4.78 is 0. The normalized spacial score (nSPS) is 19.2. The Bertz CT molecular complexity index is 355. The van der Waals surface area contributed by atoms with E-state index in [0.29, 0.717) is 6.67 Å². The van der Waals surface area contributed by atoms with Crippen molar-refractivity contribution in [3.05, 3.63) is 11.3 Å². The average molecular weight is 238 g/mol. The van der Waals surface area contributed by atoms with Gasteiger partial charge < -0.3 is 9.80 Å². The molecule has 0 N–H and O–H groups in total. The molecule has 0 saturated heterocycles. The number of carbonyl (C=O) groups is 1. The van der Waals surface area contributed by atoms with E-state index in [0.717, 1.165) is 5.57 Å². The first-order valence-corrected chi connectivity index (χ1v) is 6.18. The van der Waals surface area contributed by atoms with Crippen molar-refractivity contribution >= 4 is 5.91 Å². The molecular weight excluding hydrogens is 212 g/mol. The number of likely N-dealkylation sites (N-methyl/N-ethyl adjacent to an activating group) is 1. The van der Waals surface area contributed by atoms with Gasteiger partial charge in [-0.3, -0.25) is 4.79 Å². The number of hydrogen-bond acceptors (Lipinski definition) is 2. The van der Waals surface area contributed by atoms with Crippen LogP contribution in [0.3, 0.4) is 0 Å². The molecule has 0 aromatic heterocycles. The molecule has 0 radical (unpaired) electrons. The minimum atomic E-state index is -0.122. The molecule has 0 aromatic carbocycles. The molecule has 1 heterocycles. The molecule has 0 unspecified atom stereocenters. The summed E-state index contributed by atoms with van der Waals surface area (Å²) in [5, 5.41) is 0. The molecule has 0 aliphatic carbocycles. The quantitative estimate of drug-likeness (QED) is 0.648. The Morgan fingerprint density at radius 2 is 1.35 bits per heavy atom. The topological polar surface area (TPSA) is 23.6 Å². The van der Waals surface area contributed by atoms with Crippen molar-refractivity contribution in [2.24, 2.45) is 10.8 Å². The summed E-state index contributed by atoms with van der Waals surface area (Å²) in [7, 11) is 3.93. The zero-order valence-corrected chi connectivity index (χ0v) is 12.5. The number of rotatable bonds is 0. The van der Waals surface area contributed by atoms with Crippen LogP contribution in [0.1, 0.15) is 41.5 Å². The Hall–Kier alpha value is -0.990. The van der Waals surface area contributed by atoms with Crippen LogP contribution in [0.15, 0.2) is 11.3 Å². The smallest absolute Gasteiger partial charge is 0.253 e. The highest BCUT2D eigenvalue weighted by atomic mass is 16.2. The maximum absolute atomic E-state index is 12.4. The van der Waals surface area contributed by atoms with Crippen LogP contribution < -0.4 is 0 Å². The van der Waals surface area contributed by atoms with Crippen molar-refractivity contribution in [1.29, 1.82) is 0 Å². The van der Waals surface area contributed by atoms with Gasteiger partial charge in [-0.2, -0.15) is 0 Å². The van der Waals surface area contributed by atoms with Crippen molar-refractivity contribution in [3.63, 3.8) is 0 Å². The SMILES string of the molecule is CN1CN(C)C(C(C)(C)C)=C(C(C)(C)C)C1=O. The van der Waals surface area contributed by atoms with Crippen LogP contribution >= 0.6 is 0 Å². The molecule has 1 aliphatic rings. The summed E-state index contributed by atoms with van der Waals surface area (Å²) in [6.07, 6.45) is 0. The Kier molecular flexibility index (Phi) is 3.34. The lowest BCUT2D eigenvalue weighted by Gasteiger charge is -2.44. The van der Waals surface area contributed by atoms with Crippen molar-refractivity contribution < 1.29 is 4.79 Å². The van der Waals surface area contributed by atoms with Gasteiger partial charge in [-0.05, 0) is 5.41 Å². The van der Waals surface area contributed by atoms with Gasteiger partial charge in [0.2, 0.25) is 0 Å². The van der Waals surface area contributed by atoms with Gasteiger partial charge in [-0.15, -0.1) is 0 Å². The van der Waals surface area contributed by atoms with Crippen LogP contribution in [-0.2, 0) is 4.79 Å². The molecule has 98 valence electrons. The highest BCUT2D eigenvalue weighted by molar-refractivity contribution is 5.96. The van der Waals surface area contributed by atoms with Crippen molar-refractivity contribution in [3.8, 4) is 0 Å². The molecule has 0 spiro atoms. The van der Waals surface area contributed by atoms with Gasteiger partial charge in [-0.25, -0.2) is 0 Å². The third kappa shape index (κ3) is 2.64. The Morgan fingerprint density at radius 3 is 1.71 bits per heavy atom. The number of amides is 1. The third-order valence-electron chi connectivity index (χ3n) is 3.06. The molecule has 0 atom stereocenters. The second-order valence-electron chi connectivity index (χ2n) is 7.07. The largest absolute Gasteiger partial charge is 0.359 e. The predicted molar refractivity (Wildman–Crippen MR) is 71.3 cm³/mol. The second kappa shape index (κ2) is 4.04. The van der Waals surface area contributed by atoms with Crippen molar-refractivity contribution in [2.75, 3.05) is 20.8 Å². The maximum Gasteiger partial charge on any atom is 0.253 e. The van der Waals surface area contributed by atoms with E-state index >= 15 is 0 Å². The van der Waals surface area contributed by atoms with E-state index in [4.69, 9.17) is 0 Å². The Morgan fingerprint density at radius 1 is 0.882 bits per heavy atom. The lowest BCUT2D eigenvalue weighted by atomic mass is 9.76. The van der Waals surface area contributed by atoms with Gasteiger partial charge in [0.15, 0.2) is 0 Å². The van der Waals surface area contributed by atoms with E-state index in [2.05, 4.69) is 53.5 Å². The molecule has 17 heavy (non-hydrogen) atoms. The summed E-state index contributed by atoms with van der Waals surface area (Å²) >= 11 is 0. The summed E-state index contributed by atoms with van der Waals surface area (Å²) in [5.41, 5.74) is 1.99. The predicted octanol–water partition coefficient (Wildman–Crippen LogP) is 2.69. The molecule has 3 heteroatoms. The second-order valence-corrected chi connectivity index (χ2v) is 7.07. The summed E-state index contributed by atoms with van der Waals surface area (Å²) in [4.78, 5) is 16.4. The fraction of sp³-hybridized carbons (Fsp3) is 0.786. The van der Waals surface area contributed by atoms with Gasteiger partial charge in [0.25, 0.3) is 5.91 Å². The molecule has 1 amide bonds. The zero-order valence-electron chi connectivity index (χ0n) is 12.5. The van der Waals surface area contributed by atoms with E-state index in [1.165, 1.54) is 5.70 Å². The first-order valence-electron chi connectivity index (χ1n) is 6.18. The number of nitrogens with zero attached hydrogens (tertiary/aromatic N) is 2. The van der Waals surface area contributed by atoms with Gasteiger partial charge in [0.05, 0.1) is 6.67 Å².